The van der Waals surface area contributed by atoms with Crippen LogP contribution in [0.5, 0.6) is 17.2 Å². The third-order valence-corrected chi connectivity index (χ3v) is 7.64. The van der Waals surface area contributed by atoms with Crippen LogP contribution in [-0.4, -0.2) is 83.7 Å². The second kappa shape index (κ2) is 12.7. The lowest BCUT2D eigenvalue weighted by molar-refractivity contribution is 0.0373. The predicted molar refractivity (Wildman–Crippen MR) is 160 cm³/mol. The van der Waals surface area contributed by atoms with Gasteiger partial charge in [0, 0.05) is 31.3 Å². The van der Waals surface area contributed by atoms with Crippen LogP contribution in [-0.2, 0) is 0 Å². The maximum Gasteiger partial charge on any atom is 0.323 e. The minimum absolute atomic E-state index is 0.106. The average molecular weight is 609 g/mol. The fourth-order valence-electron chi connectivity index (χ4n) is 5.04. The maximum atomic E-state index is 13.7. The molecule has 2 aromatic carbocycles. The first-order valence-corrected chi connectivity index (χ1v) is 14.2. The maximum absolute atomic E-state index is 13.7. The first-order valence-electron chi connectivity index (χ1n) is 14.2. The molecule has 5 rings (SSSR count). The third kappa shape index (κ3) is 6.34. The number of para-hydroxylation sites is 1. The molecule has 5 amide bonds. The molecule has 1 aromatic heterocycles. The van der Waals surface area contributed by atoms with E-state index in [4.69, 9.17) is 18.7 Å². The number of aromatic nitrogens is 1. The van der Waals surface area contributed by atoms with Gasteiger partial charge in [-0.3, -0.25) is 4.79 Å². The molecule has 3 heterocycles. The number of likely N-dealkylation sites (N-methyl/N-ethyl adjacent to an activating group) is 1. The summed E-state index contributed by atoms with van der Waals surface area (Å²) in [6.07, 6.45) is -0.601. The van der Waals surface area contributed by atoms with E-state index in [2.05, 4.69) is 21.1 Å². The minimum Gasteiger partial charge on any atom is -0.485 e. The van der Waals surface area contributed by atoms with Gasteiger partial charge in [0.2, 0.25) is 6.79 Å². The number of anilines is 3. The van der Waals surface area contributed by atoms with E-state index in [0.717, 1.165) is 0 Å². The Bertz CT molecular complexity index is 1540. The molecule has 2 aliphatic heterocycles. The first-order chi connectivity index (χ1) is 21.0. The summed E-state index contributed by atoms with van der Waals surface area (Å²) in [5.74, 6) is 1.11. The van der Waals surface area contributed by atoms with E-state index in [1.54, 1.807) is 69.1 Å². The number of amides is 5. The number of urea groups is 2. The zero-order valence-corrected chi connectivity index (χ0v) is 25.2. The van der Waals surface area contributed by atoms with E-state index in [1.807, 2.05) is 6.92 Å². The van der Waals surface area contributed by atoms with Gasteiger partial charge in [-0.15, -0.1) is 0 Å². The molecule has 0 bridgehead atoms. The predicted octanol–water partition coefficient (Wildman–Crippen LogP) is 4.05. The molecule has 0 aliphatic carbocycles. The van der Waals surface area contributed by atoms with Crippen LogP contribution in [0, 0.1) is 19.8 Å². The Hall–Kier alpha value is -4.98. The molecule has 14 heteroatoms. The van der Waals surface area contributed by atoms with Gasteiger partial charge in [-0.1, -0.05) is 18.1 Å². The number of ether oxygens (including phenoxy) is 3. The Morgan fingerprint density at radius 2 is 1.91 bits per heavy atom. The molecule has 0 radical (unpaired) electrons. The van der Waals surface area contributed by atoms with Crippen LogP contribution in [0.3, 0.4) is 0 Å². The Kier molecular flexibility index (Phi) is 8.81. The molecule has 3 atom stereocenters. The molecule has 4 N–H and O–H groups in total. The van der Waals surface area contributed by atoms with E-state index >= 15 is 0 Å². The molecule has 0 saturated carbocycles. The summed E-state index contributed by atoms with van der Waals surface area (Å²) in [6, 6.07) is 8.44. The number of fused-ring (bicyclic) bond motifs is 2. The molecule has 44 heavy (non-hydrogen) atoms. The van der Waals surface area contributed by atoms with Gasteiger partial charge in [-0.25, -0.2) is 9.59 Å². The fourth-order valence-corrected chi connectivity index (χ4v) is 5.04. The fraction of sp³-hybridized carbons (Fsp3) is 0.400. The van der Waals surface area contributed by atoms with Gasteiger partial charge in [0.05, 0.1) is 30.4 Å². The first kappa shape index (κ1) is 30.5. The van der Waals surface area contributed by atoms with Crippen LogP contribution < -0.4 is 30.2 Å². The van der Waals surface area contributed by atoms with Gasteiger partial charge in [0.25, 0.3) is 5.91 Å². The Labute approximate surface area is 254 Å². The van der Waals surface area contributed by atoms with E-state index in [9.17, 15) is 19.5 Å². The molecule has 0 spiro atoms. The van der Waals surface area contributed by atoms with Gasteiger partial charge in [-0.05, 0) is 45.0 Å². The summed E-state index contributed by atoms with van der Waals surface area (Å²) in [7, 11) is 1.63. The lowest BCUT2D eigenvalue weighted by Crippen LogP contribution is -2.50. The Morgan fingerprint density at radius 1 is 1.14 bits per heavy atom. The number of carbonyl (C=O) groups is 3. The number of hydrogen-bond donors (Lipinski definition) is 4. The van der Waals surface area contributed by atoms with Crippen molar-refractivity contribution in [3.63, 3.8) is 0 Å². The number of hydrogen-bond acceptors (Lipinski definition) is 9. The van der Waals surface area contributed by atoms with Crippen molar-refractivity contribution in [2.45, 2.75) is 39.8 Å². The van der Waals surface area contributed by atoms with E-state index < -0.39 is 24.2 Å². The van der Waals surface area contributed by atoms with E-state index in [1.165, 1.54) is 4.90 Å². The zero-order valence-electron chi connectivity index (χ0n) is 25.2. The van der Waals surface area contributed by atoms with Gasteiger partial charge < -0.3 is 49.6 Å². The van der Waals surface area contributed by atoms with Gasteiger partial charge >= 0.3 is 12.1 Å². The van der Waals surface area contributed by atoms with Crippen LogP contribution in [0.15, 0.2) is 40.9 Å². The summed E-state index contributed by atoms with van der Waals surface area (Å²) >= 11 is 0. The number of carbonyl (C=O) groups excluding carboxylic acids is 3. The van der Waals surface area contributed by atoms with Crippen molar-refractivity contribution in [3.8, 4) is 17.2 Å². The number of nitrogens with zero attached hydrogens (tertiary/aromatic N) is 3. The highest BCUT2D eigenvalue weighted by Crippen LogP contribution is 2.36. The van der Waals surface area contributed by atoms with E-state index in [-0.39, 0.29) is 55.3 Å². The van der Waals surface area contributed by atoms with Crippen LogP contribution in [0.1, 0.15) is 35.7 Å². The highest BCUT2D eigenvalue weighted by Gasteiger charge is 2.35. The SMILES string of the molecule is Cc1noc(C)c1NC(=O)N(C)C[C@H]1Oc2c(NC(=O)Nc3ccc4c(c3)OCO4)cccc2C(=O)N([C@@H](C)CO)C[C@H]1C. The average Bonchev–Trinajstić information content (AvgIpc) is 3.60. The van der Waals surface area contributed by atoms with Gasteiger partial charge in [-0.2, -0.15) is 0 Å². The van der Waals surface area contributed by atoms with Crippen molar-refractivity contribution >= 4 is 35.0 Å². The quantitative estimate of drug-likeness (QED) is 0.309. The Morgan fingerprint density at radius 3 is 2.64 bits per heavy atom. The molecular formula is C30H36N6O8. The zero-order chi connectivity index (χ0) is 31.5. The topological polar surface area (TPSA) is 168 Å². The largest absolute Gasteiger partial charge is 0.485 e. The molecule has 2 aliphatic rings. The van der Waals surface area contributed by atoms with Gasteiger partial charge in [0.15, 0.2) is 23.0 Å². The van der Waals surface area contributed by atoms with Crippen LogP contribution >= 0.6 is 0 Å². The second-order valence-electron chi connectivity index (χ2n) is 11.0. The number of aliphatic hydroxyl groups is 1. The summed E-state index contributed by atoms with van der Waals surface area (Å²) < 4.78 is 22.3. The second-order valence-corrected chi connectivity index (χ2v) is 11.0. The molecular weight excluding hydrogens is 572 g/mol. The van der Waals surface area contributed by atoms with Crippen LogP contribution in [0.2, 0.25) is 0 Å². The Balaban J connectivity index is 1.40. The van der Waals surface area contributed by atoms with Crippen molar-refractivity contribution in [2.24, 2.45) is 5.92 Å². The van der Waals surface area contributed by atoms with Crippen molar-refractivity contribution < 1.29 is 38.2 Å². The van der Waals surface area contributed by atoms with E-state index in [0.29, 0.717) is 34.3 Å². The summed E-state index contributed by atoms with van der Waals surface area (Å²) in [6.45, 7) is 7.37. The standard InChI is InChI=1S/C30H36N6O8/c1-16-12-36(17(2)14-37)28(38)21-7-6-8-22(32-29(39)31-20-9-10-23-24(11-20)42-15-41-23)27(21)43-25(16)13-35(5)30(40)33-26-18(3)34-44-19(26)4/h6-11,16-17,25,37H,12-15H2,1-5H3,(H,33,40)(H2,31,32,39)/t16-,17+,25-/m1/s1. The van der Waals surface area contributed by atoms with Crippen LogP contribution in [0.25, 0.3) is 0 Å². The molecule has 3 aromatic rings. The summed E-state index contributed by atoms with van der Waals surface area (Å²) in [5, 5.41) is 22.2. The number of aliphatic hydroxyl groups excluding tert-OH is 1. The van der Waals surface area contributed by atoms with Crippen molar-refractivity contribution in [3.05, 3.63) is 53.4 Å². The lowest BCUT2D eigenvalue weighted by Gasteiger charge is -2.38. The molecule has 0 unspecified atom stereocenters. The van der Waals surface area contributed by atoms with Crippen molar-refractivity contribution in [1.29, 1.82) is 0 Å². The molecule has 14 nitrogen and oxygen atoms in total. The molecule has 0 saturated heterocycles. The van der Waals surface area contributed by atoms with Crippen LogP contribution in [0.4, 0.5) is 26.7 Å². The highest BCUT2D eigenvalue weighted by atomic mass is 16.7. The minimum atomic E-state index is -0.601. The van der Waals surface area contributed by atoms with Crippen molar-refractivity contribution in [1.82, 2.24) is 15.0 Å². The highest BCUT2D eigenvalue weighted by molar-refractivity contribution is 6.04. The van der Waals surface area contributed by atoms with Gasteiger partial charge in [0.1, 0.15) is 17.5 Å². The number of rotatable bonds is 7. The monoisotopic (exact) mass is 608 g/mol. The number of aryl methyl sites for hydroxylation is 2. The number of benzene rings is 2. The molecule has 234 valence electrons. The summed E-state index contributed by atoms with van der Waals surface area (Å²) in [4.78, 5) is 43.0. The number of nitrogens with one attached hydrogen (secondary N) is 3. The third-order valence-electron chi connectivity index (χ3n) is 7.64. The lowest BCUT2D eigenvalue weighted by atomic mass is 9.99. The normalized spacial score (nSPS) is 18.0. The summed E-state index contributed by atoms with van der Waals surface area (Å²) in [5.41, 5.74) is 1.99. The smallest absolute Gasteiger partial charge is 0.323 e. The molecule has 0 fully saturated rings. The van der Waals surface area contributed by atoms with Crippen molar-refractivity contribution in [2.75, 3.05) is 49.5 Å².